The van der Waals surface area contributed by atoms with Gasteiger partial charge in [-0.15, -0.1) is 0 Å². The van der Waals surface area contributed by atoms with Gasteiger partial charge in [0.2, 0.25) is 0 Å². The number of rotatable bonds is 3. The Morgan fingerprint density at radius 1 is 1.26 bits per heavy atom. The molecule has 0 aliphatic carbocycles. The van der Waals surface area contributed by atoms with Crippen molar-refractivity contribution in [1.29, 1.82) is 0 Å². The van der Waals surface area contributed by atoms with Crippen molar-refractivity contribution in [2.45, 2.75) is 10.3 Å². The van der Waals surface area contributed by atoms with Gasteiger partial charge in [0, 0.05) is 0 Å². The molecule has 0 N–H and O–H groups in total. The molecule has 3 aliphatic heterocycles. The summed E-state index contributed by atoms with van der Waals surface area (Å²) in [6.07, 6.45) is 2.81. The molecule has 0 saturated carbocycles. The summed E-state index contributed by atoms with van der Waals surface area (Å²) in [5.74, 6) is 0.143. The number of fused-ring (bicyclic) bond motifs is 1. The second-order valence-corrected chi connectivity index (χ2v) is 15.3. The van der Waals surface area contributed by atoms with Gasteiger partial charge in [0.15, 0.2) is 0 Å². The van der Waals surface area contributed by atoms with Crippen molar-refractivity contribution < 1.29 is 26.0 Å². The molecule has 4 heterocycles. The van der Waals surface area contributed by atoms with Crippen LogP contribution in [0, 0.1) is 3.57 Å². The first kappa shape index (κ1) is 14.6. The van der Waals surface area contributed by atoms with E-state index in [9.17, 15) is 4.79 Å². The summed E-state index contributed by atoms with van der Waals surface area (Å²) in [5.41, 5.74) is 4.45. The van der Waals surface area contributed by atoms with Gasteiger partial charge >= 0.3 is 154 Å². The average Bonchev–Trinajstić information content (AvgIpc) is 3.50. The SMILES string of the molecule is O=C(c1ccnc(C2C[I-]2)c1)N1CCc2cc(I3CC3)ccc21. The number of hydrogen-bond donors (Lipinski definition) is 0. The summed E-state index contributed by atoms with van der Waals surface area (Å²) in [7, 11) is 0. The average molecular weight is 531 g/mol. The predicted molar refractivity (Wildman–Crippen MR) is 96.1 cm³/mol. The molecule has 3 nitrogen and oxygen atoms in total. The third-order valence-corrected chi connectivity index (χ3v) is 11.5. The van der Waals surface area contributed by atoms with Crippen LogP contribution in [0.1, 0.15) is 25.5 Å². The van der Waals surface area contributed by atoms with E-state index in [1.54, 1.807) is 3.57 Å². The van der Waals surface area contributed by atoms with Crippen LogP contribution in [0.3, 0.4) is 0 Å². The summed E-state index contributed by atoms with van der Waals surface area (Å²) >= 11 is -0.384. The van der Waals surface area contributed by atoms with E-state index in [4.69, 9.17) is 0 Å². The molecule has 3 aliphatic rings. The zero-order chi connectivity index (χ0) is 15.4. The van der Waals surface area contributed by atoms with E-state index in [-0.39, 0.29) is 5.91 Å². The minimum absolute atomic E-state index is 0.143. The Labute approximate surface area is 153 Å². The number of halogens is 2. The van der Waals surface area contributed by atoms with Crippen LogP contribution in [-0.2, 0) is 6.42 Å². The van der Waals surface area contributed by atoms with Gasteiger partial charge in [-0.05, 0) is 0 Å². The second-order valence-electron chi connectivity index (χ2n) is 6.06. The second kappa shape index (κ2) is 5.68. The van der Waals surface area contributed by atoms with Gasteiger partial charge in [-0.2, -0.15) is 0 Å². The van der Waals surface area contributed by atoms with Crippen molar-refractivity contribution in [2.24, 2.45) is 0 Å². The molecule has 0 spiro atoms. The van der Waals surface area contributed by atoms with E-state index in [1.165, 1.54) is 18.8 Å². The Morgan fingerprint density at radius 2 is 2.13 bits per heavy atom. The molecule has 1 aromatic carbocycles. The molecule has 1 aromatic heterocycles. The number of aromatic nitrogens is 1. The van der Waals surface area contributed by atoms with Crippen LogP contribution in [0.15, 0.2) is 36.5 Å². The summed E-state index contributed by atoms with van der Waals surface area (Å²) in [6.45, 7) is 0.819. The van der Waals surface area contributed by atoms with E-state index in [2.05, 4.69) is 23.2 Å². The van der Waals surface area contributed by atoms with E-state index >= 15 is 0 Å². The Balaban J connectivity index is 1.44. The molecule has 5 heteroatoms. The van der Waals surface area contributed by atoms with Gasteiger partial charge in [0.05, 0.1) is 0 Å². The third-order valence-electron chi connectivity index (χ3n) is 4.53. The molecule has 0 radical (unpaired) electrons. The van der Waals surface area contributed by atoms with Crippen LogP contribution < -0.4 is 26.1 Å². The fourth-order valence-electron chi connectivity index (χ4n) is 3.11. The van der Waals surface area contributed by atoms with Crippen LogP contribution in [0.25, 0.3) is 0 Å². The maximum absolute atomic E-state index is 13.0. The molecule has 1 unspecified atom stereocenters. The van der Waals surface area contributed by atoms with Crippen molar-refractivity contribution in [1.82, 2.24) is 4.98 Å². The third kappa shape index (κ3) is 2.79. The Hall–Kier alpha value is -0.700. The number of hydrogen-bond acceptors (Lipinski definition) is 2. The van der Waals surface area contributed by atoms with Gasteiger partial charge in [0.25, 0.3) is 0 Å². The molecule has 2 fully saturated rings. The maximum atomic E-state index is 13.0. The summed E-state index contributed by atoms with van der Waals surface area (Å²) in [4.78, 5) is 19.4. The summed E-state index contributed by atoms with van der Waals surface area (Å²) < 4.78 is 6.60. The van der Waals surface area contributed by atoms with E-state index in [0.717, 1.165) is 29.9 Å². The summed E-state index contributed by atoms with van der Waals surface area (Å²) in [5, 5.41) is 0. The normalized spacial score (nSPS) is 23.2. The molecule has 1 amide bonds. The van der Waals surface area contributed by atoms with Crippen LogP contribution in [0.4, 0.5) is 5.69 Å². The Bertz CT molecular complexity index is 799. The molecular weight excluding hydrogens is 514 g/mol. The number of anilines is 1. The number of benzene rings is 1. The van der Waals surface area contributed by atoms with Crippen molar-refractivity contribution in [3.05, 3.63) is 56.9 Å². The van der Waals surface area contributed by atoms with Crippen molar-refractivity contribution in [3.8, 4) is 0 Å². The number of pyridine rings is 1. The first-order valence-electron chi connectivity index (χ1n) is 7.90. The van der Waals surface area contributed by atoms with E-state index in [0.29, 0.717) is 25.1 Å². The zero-order valence-corrected chi connectivity index (χ0v) is 17.0. The van der Waals surface area contributed by atoms with Gasteiger partial charge in [0.1, 0.15) is 0 Å². The van der Waals surface area contributed by atoms with Crippen molar-refractivity contribution in [2.75, 3.05) is 24.7 Å². The Kier molecular flexibility index (Phi) is 3.61. The summed E-state index contributed by atoms with van der Waals surface area (Å²) in [6, 6.07) is 10.8. The van der Waals surface area contributed by atoms with Gasteiger partial charge in [-0.25, -0.2) is 0 Å². The van der Waals surface area contributed by atoms with E-state index in [1.807, 2.05) is 23.2 Å². The van der Waals surface area contributed by atoms with Crippen LogP contribution in [0.5, 0.6) is 0 Å². The fourth-order valence-corrected chi connectivity index (χ4v) is 8.93. The topological polar surface area (TPSA) is 33.2 Å². The van der Waals surface area contributed by atoms with E-state index < -0.39 is 19.8 Å². The number of alkyl halides is 4. The number of carbonyl (C=O) groups excluding carboxylic acids is 1. The van der Waals surface area contributed by atoms with Crippen molar-refractivity contribution >= 4 is 31.4 Å². The molecule has 2 aromatic rings. The first-order chi connectivity index (χ1) is 11.3. The van der Waals surface area contributed by atoms with Crippen LogP contribution in [-0.4, -0.2) is 30.7 Å². The quantitative estimate of drug-likeness (QED) is 0.417. The predicted octanol–water partition coefficient (Wildman–Crippen LogP) is 0.118. The molecule has 23 heavy (non-hydrogen) atoms. The molecular formula is C18H17I2N2O-. The van der Waals surface area contributed by atoms with Crippen LogP contribution >= 0.6 is 19.8 Å². The Morgan fingerprint density at radius 3 is 2.91 bits per heavy atom. The molecule has 2 saturated heterocycles. The van der Waals surface area contributed by atoms with Gasteiger partial charge in [-0.1, -0.05) is 0 Å². The number of nitrogens with zero attached hydrogens (tertiary/aromatic N) is 2. The molecule has 5 rings (SSSR count). The molecule has 1 atom stereocenters. The van der Waals surface area contributed by atoms with Crippen LogP contribution in [0.2, 0.25) is 0 Å². The standard InChI is InChI=1S/C18H17I2N2O/c23-18(13-3-7-21-16(10-13)15-11-19-15)22-8-4-12-9-14(20-5-6-20)1-2-17(12)22/h1-3,7,9-10,15H,4-6,8,11H2/q-1. The first-order valence-corrected chi connectivity index (χ1v) is 14.8. The van der Waals surface area contributed by atoms with Gasteiger partial charge in [-0.3, -0.25) is 0 Å². The molecule has 120 valence electrons. The van der Waals surface area contributed by atoms with Gasteiger partial charge < -0.3 is 0 Å². The molecule has 0 bridgehead atoms. The number of carbonyl (C=O) groups is 1. The van der Waals surface area contributed by atoms with Crippen molar-refractivity contribution in [3.63, 3.8) is 0 Å². The minimum atomic E-state index is -0.706. The fraction of sp³-hybridized carbons (Fsp3) is 0.333. The zero-order valence-electron chi connectivity index (χ0n) is 12.6. The monoisotopic (exact) mass is 531 g/mol. The number of amides is 1.